The van der Waals surface area contributed by atoms with Crippen molar-refractivity contribution in [3.63, 3.8) is 0 Å². The highest BCUT2D eigenvalue weighted by molar-refractivity contribution is 7.91. The minimum atomic E-state index is -4.38. The average molecular weight is 551 g/mol. The van der Waals surface area contributed by atoms with Crippen LogP contribution < -0.4 is 20.5 Å². The number of carbonyl (C=O) groups is 3. The Morgan fingerprint density at radius 2 is 2.03 bits per heavy atom. The van der Waals surface area contributed by atoms with E-state index in [2.05, 4.69) is 29.4 Å². The summed E-state index contributed by atoms with van der Waals surface area (Å²) in [6.07, 6.45) is 0. The quantitative estimate of drug-likeness (QED) is 0.176. The Balaban J connectivity index is 1.32. The Morgan fingerprint density at radius 3 is 2.67 bits per heavy atom. The van der Waals surface area contributed by atoms with Crippen molar-refractivity contribution >= 4 is 67.6 Å². The van der Waals surface area contributed by atoms with Gasteiger partial charge in [-0.2, -0.15) is 12.8 Å². The number of benzene rings is 1. The van der Waals surface area contributed by atoms with Gasteiger partial charge in [-0.1, -0.05) is 35.5 Å². The number of anilines is 2. The molecule has 36 heavy (non-hydrogen) atoms. The highest BCUT2D eigenvalue weighted by atomic mass is 32.2. The first-order valence-corrected chi connectivity index (χ1v) is 13.1. The fourth-order valence-corrected chi connectivity index (χ4v) is 5.11. The fraction of sp³-hybridized carbons (Fsp3) is 0.158. The van der Waals surface area contributed by atoms with Crippen LogP contribution in [-0.4, -0.2) is 65.9 Å². The highest BCUT2D eigenvalue weighted by Gasteiger charge is 2.43. The Morgan fingerprint density at radius 1 is 1.28 bits per heavy atom. The van der Waals surface area contributed by atoms with Crippen molar-refractivity contribution in [2.24, 2.45) is 5.16 Å². The summed E-state index contributed by atoms with van der Waals surface area (Å²) in [5.41, 5.74) is 6.35. The van der Waals surface area contributed by atoms with Gasteiger partial charge in [-0.05, 0) is 17.1 Å². The number of aromatic nitrogens is 2. The van der Waals surface area contributed by atoms with Crippen molar-refractivity contribution in [2.45, 2.75) is 6.04 Å². The number of nitrogen functional groups attached to an aromatic ring is 1. The molecule has 188 valence electrons. The molecule has 1 fully saturated rings. The van der Waals surface area contributed by atoms with Crippen LogP contribution >= 0.6 is 22.9 Å². The fourth-order valence-electron chi connectivity index (χ4n) is 3.03. The van der Waals surface area contributed by atoms with Crippen molar-refractivity contribution in [3.8, 4) is 10.4 Å². The maximum absolute atomic E-state index is 12.5. The lowest BCUT2D eigenvalue weighted by atomic mass is 10.1. The van der Waals surface area contributed by atoms with Gasteiger partial charge in [0.25, 0.3) is 11.8 Å². The number of β-lactam (4-membered cyclic amide) rings is 1. The number of hydrogen-bond acceptors (Lipinski definition) is 12. The molecule has 0 aliphatic carbocycles. The van der Waals surface area contributed by atoms with Gasteiger partial charge in [0.1, 0.15) is 18.8 Å². The first-order valence-electron chi connectivity index (χ1n) is 9.98. The van der Waals surface area contributed by atoms with Gasteiger partial charge in [-0.3, -0.25) is 14.5 Å². The van der Waals surface area contributed by atoms with Crippen LogP contribution in [0.3, 0.4) is 0 Å². The molecule has 1 atom stereocenters. The van der Waals surface area contributed by atoms with Crippen molar-refractivity contribution in [1.29, 1.82) is 0 Å². The maximum Gasteiger partial charge on any atom is 0.339 e. The number of carbonyl (C=O) groups excluding carboxylic acids is 3. The SMILES string of the molecule is CON=C(C(=O)N[C@H]1CN(C(=O)NS(=O)(=O)Nc2cc(-c3ccccc3)sn2)C1=O)c1csc(N)n1. The molecule has 2 aromatic heterocycles. The smallest absolute Gasteiger partial charge is 0.339 e. The first kappa shape index (κ1) is 25.0. The minimum absolute atomic E-state index is 0.00636. The highest BCUT2D eigenvalue weighted by Crippen LogP contribution is 2.27. The number of nitrogens with zero attached hydrogens (tertiary/aromatic N) is 4. The van der Waals surface area contributed by atoms with E-state index in [1.165, 1.54) is 18.6 Å². The van der Waals surface area contributed by atoms with Crippen molar-refractivity contribution in [2.75, 3.05) is 24.1 Å². The molecule has 0 bridgehead atoms. The van der Waals surface area contributed by atoms with Gasteiger partial charge in [-0.25, -0.2) is 19.2 Å². The molecule has 4 rings (SSSR count). The van der Waals surface area contributed by atoms with Gasteiger partial charge in [0, 0.05) is 11.4 Å². The number of likely N-dealkylation sites (tertiary alicyclic amines) is 1. The first-order chi connectivity index (χ1) is 17.2. The molecule has 0 unspecified atom stereocenters. The van der Waals surface area contributed by atoms with E-state index in [-0.39, 0.29) is 28.9 Å². The molecule has 3 heterocycles. The molecular formula is C19H18N8O6S3. The topological polar surface area (TPSA) is 198 Å². The second kappa shape index (κ2) is 10.3. The standard InChI is InChI=1S/C19H18N8O6S3/c1-33-23-15(12-9-34-18(20)22-12)16(28)21-11-8-27(17(11)29)19(30)26-36(31,32)25-14-7-13(35-24-14)10-5-3-2-4-6-10/h2-7,9,11H,8H2,1H3,(H2,20,22)(H,21,28)(H,24,25)(H,26,30)/t11-/m0/s1. The molecule has 1 aliphatic heterocycles. The molecule has 4 amide bonds. The average Bonchev–Trinajstić information content (AvgIpc) is 3.48. The minimum Gasteiger partial charge on any atom is -0.398 e. The largest absolute Gasteiger partial charge is 0.398 e. The molecule has 14 nitrogen and oxygen atoms in total. The Labute approximate surface area is 212 Å². The van der Waals surface area contributed by atoms with Crippen LogP contribution in [0.1, 0.15) is 5.69 Å². The molecule has 1 saturated heterocycles. The van der Waals surface area contributed by atoms with E-state index in [4.69, 9.17) is 5.73 Å². The summed E-state index contributed by atoms with van der Waals surface area (Å²) in [4.78, 5) is 47.2. The zero-order chi connectivity index (χ0) is 25.9. The normalized spacial score (nSPS) is 15.7. The lowest BCUT2D eigenvalue weighted by Crippen LogP contribution is -2.68. The van der Waals surface area contributed by atoms with Crippen LogP contribution in [0.4, 0.5) is 15.7 Å². The van der Waals surface area contributed by atoms with Crippen LogP contribution in [0.15, 0.2) is 46.9 Å². The summed E-state index contributed by atoms with van der Waals surface area (Å²) in [5.74, 6) is -1.59. The van der Waals surface area contributed by atoms with Crippen molar-refractivity contribution in [1.82, 2.24) is 24.3 Å². The lowest BCUT2D eigenvalue weighted by Gasteiger charge is -2.36. The predicted molar refractivity (Wildman–Crippen MR) is 132 cm³/mol. The summed E-state index contributed by atoms with van der Waals surface area (Å²) < 4.78 is 32.6. The molecule has 5 N–H and O–H groups in total. The molecule has 1 aromatic carbocycles. The number of amides is 4. The van der Waals surface area contributed by atoms with Crippen LogP contribution in [0.5, 0.6) is 0 Å². The van der Waals surface area contributed by atoms with Gasteiger partial charge in [-0.15, -0.1) is 11.3 Å². The monoisotopic (exact) mass is 550 g/mol. The third-order valence-electron chi connectivity index (χ3n) is 4.67. The van der Waals surface area contributed by atoms with E-state index in [0.29, 0.717) is 9.78 Å². The third kappa shape index (κ3) is 5.58. The van der Waals surface area contributed by atoms with Gasteiger partial charge in [0.05, 0.1) is 11.4 Å². The van der Waals surface area contributed by atoms with Gasteiger partial charge < -0.3 is 15.9 Å². The number of oxime groups is 1. The van der Waals surface area contributed by atoms with E-state index in [1.807, 2.05) is 30.3 Å². The summed E-state index contributed by atoms with van der Waals surface area (Å²) in [5, 5.41) is 7.68. The van der Waals surface area contributed by atoms with Crippen LogP contribution in [-0.2, 0) is 24.6 Å². The number of imide groups is 1. The van der Waals surface area contributed by atoms with Crippen molar-refractivity contribution < 1.29 is 27.6 Å². The lowest BCUT2D eigenvalue weighted by molar-refractivity contribution is -0.141. The third-order valence-corrected chi connectivity index (χ3v) is 7.10. The van der Waals surface area contributed by atoms with Crippen LogP contribution in [0, 0.1) is 0 Å². The van der Waals surface area contributed by atoms with E-state index in [9.17, 15) is 22.8 Å². The van der Waals surface area contributed by atoms with Gasteiger partial charge >= 0.3 is 16.2 Å². The molecule has 0 spiro atoms. The van der Waals surface area contributed by atoms with E-state index in [1.54, 1.807) is 4.72 Å². The summed E-state index contributed by atoms with van der Waals surface area (Å²) in [6, 6.07) is 8.44. The van der Waals surface area contributed by atoms with E-state index >= 15 is 0 Å². The molecule has 1 aliphatic rings. The van der Waals surface area contributed by atoms with Crippen LogP contribution in [0.25, 0.3) is 10.4 Å². The van der Waals surface area contributed by atoms with Crippen LogP contribution in [0.2, 0.25) is 0 Å². The zero-order valence-corrected chi connectivity index (χ0v) is 20.8. The predicted octanol–water partition coefficient (Wildman–Crippen LogP) is 0.593. The Bertz CT molecular complexity index is 1440. The summed E-state index contributed by atoms with van der Waals surface area (Å²) >= 11 is 2.15. The number of rotatable bonds is 8. The van der Waals surface area contributed by atoms with Crippen molar-refractivity contribution in [3.05, 3.63) is 47.5 Å². The Hall–Kier alpha value is -4.09. The molecule has 0 radical (unpaired) electrons. The molecule has 0 saturated carbocycles. The summed E-state index contributed by atoms with van der Waals surface area (Å²) in [7, 11) is -3.16. The number of hydrogen-bond donors (Lipinski definition) is 4. The maximum atomic E-state index is 12.5. The molecular weight excluding hydrogens is 532 g/mol. The zero-order valence-electron chi connectivity index (χ0n) is 18.4. The van der Waals surface area contributed by atoms with Gasteiger partial charge in [0.2, 0.25) is 0 Å². The number of thiazole rings is 1. The summed E-state index contributed by atoms with van der Waals surface area (Å²) in [6.45, 7) is -0.264. The number of nitrogens with one attached hydrogen (secondary N) is 3. The molecule has 17 heteroatoms. The number of urea groups is 1. The number of nitrogens with two attached hydrogens (primary N) is 1. The van der Waals surface area contributed by atoms with Gasteiger partial charge in [0.15, 0.2) is 16.7 Å². The Kier molecular flexibility index (Phi) is 7.13. The second-order valence-corrected chi connectivity index (χ2v) is 10.2. The second-order valence-electron chi connectivity index (χ2n) is 7.12. The van der Waals surface area contributed by atoms with E-state index in [0.717, 1.165) is 28.4 Å². The van der Waals surface area contributed by atoms with E-state index < -0.39 is 34.1 Å². The molecule has 3 aromatic rings.